The number of likely N-dealkylation sites (N-methyl/N-ethyl adjacent to an activating group) is 1. The molecular formula is C27H33N3O8. The second kappa shape index (κ2) is 8.96. The third kappa shape index (κ3) is 3.41. The number of carbonyl (C=O) groups excluding carboxylic acids is 5. The van der Waals surface area contributed by atoms with Crippen LogP contribution in [0.3, 0.4) is 0 Å². The highest BCUT2D eigenvalue weighted by Gasteiger charge is 2.72. The Balaban J connectivity index is 1.64. The summed E-state index contributed by atoms with van der Waals surface area (Å²) in [5, 5.41) is 37.7. The number of Topliss-reactive ketones (excluding diaryl/α,β-unsaturated/α-hetero) is 4. The van der Waals surface area contributed by atoms with Gasteiger partial charge in [-0.3, -0.25) is 28.9 Å². The number of carbonyl (C=O) groups is 5. The molecule has 4 aliphatic carbocycles. The molecule has 0 saturated heterocycles. The second-order valence-corrected chi connectivity index (χ2v) is 11.4. The average Bonchev–Trinajstić information content (AvgIpc) is 3.35. The molecule has 204 valence electrons. The fourth-order valence-corrected chi connectivity index (χ4v) is 7.40. The first-order valence-electron chi connectivity index (χ1n) is 13.0. The Morgan fingerprint density at radius 3 is 2.32 bits per heavy atom. The van der Waals surface area contributed by atoms with Crippen LogP contribution < -0.4 is 11.1 Å². The van der Waals surface area contributed by atoms with E-state index in [1.165, 1.54) is 19.0 Å². The van der Waals surface area contributed by atoms with E-state index in [4.69, 9.17) is 5.73 Å². The first-order chi connectivity index (χ1) is 17.8. The lowest BCUT2D eigenvalue weighted by atomic mass is 9.49. The summed E-state index contributed by atoms with van der Waals surface area (Å²) in [5.74, 6) is -13.1. The van der Waals surface area contributed by atoms with E-state index in [9.17, 15) is 39.3 Å². The zero-order chi connectivity index (χ0) is 27.8. The van der Waals surface area contributed by atoms with Gasteiger partial charge in [-0.1, -0.05) is 25.8 Å². The molecule has 0 bridgehead atoms. The van der Waals surface area contributed by atoms with Gasteiger partial charge >= 0.3 is 0 Å². The number of anilines is 1. The highest BCUT2D eigenvalue weighted by molar-refractivity contribution is 6.32. The number of phenols is 1. The predicted octanol–water partition coefficient (Wildman–Crippen LogP) is -0.247. The molecule has 4 aliphatic rings. The van der Waals surface area contributed by atoms with E-state index in [0.29, 0.717) is 11.3 Å². The summed E-state index contributed by atoms with van der Waals surface area (Å²) in [6, 6.07) is 2.09. The molecular weight excluding hydrogens is 494 g/mol. The topological polar surface area (TPSA) is 187 Å². The molecule has 1 aromatic rings. The van der Waals surface area contributed by atoms with Crippen molar-refractivity contribution in [1.82, 2.24) is 4.90 Å². The first-order valence-corrected chi connectivity index (χ1v) is 13.0. The molecule has 1 aromatic carbocycles. The van der Waals surface area contributed by atoms with Crippen LogP contribution >= 0.6 is 0 Å². The van der Waals surface area contributed by atoms with Gasteiger partial charge in [-0.05, 0) is 44.5 Å². The highest BCUT2D eigenvalue weighted by Crippen LogP contribution is 2.55. The van der Waals surface area contributed by atoms with Crippen molar-refractivity contribution in [2.75, 3.05) is 19.4 Å². The Labute approximate surface area is 219 Å². The number of nitrogens with one attached hydrogen (secondary N) is 1. The number of rotatable bonds is 4. The lowest BCUT2D eigenvalue weighted by Gasteiger charge is -2.56. The quantitative estimate of drug-likeness (QED) is 0.258. The minimum absolute atomic E-state index is 0.0979. The molecule has 1 amide bonds. The third-order valence-corrected chi connectivity index (χ3v) is 9.20. The molecule has 0 radical (unpaired) electrons. The average molecular weight is 528 g/mol. The van der Waals surface area contributed by atoms with E-state index in [2.05, 4.69) is 5.32 Å². The van der Waals surface area contributed by atoms with Crippen molar-refractivity contribution in [3.63, 3.8) is 0 Å². The summed E-state index contributed by atoms with van der Waals surface area (Å²) in [6.45, 7) is 1.69. The van der Waals surface area contributed by atoms with Crippen LogP contribution in [0.2, 0.25) is 0 Å². The summed E-state index contributed by atoms with van der Waals surface area (Å²) in [7, 11) is 2.92. The van der Waals surface area contributed by atoms with Crippen molar-refractivity contribution in [3.8, 4) is 5.75 Å². The van der Waals surface area contributed by atoms with Crippen LogP contribution in [-0.4, -0.2) is 87.1 Å². The van der Waals surface area contributed by atoms with Gasteiger partial charge in [-0.15, -0.1) is 0 Å². The van der Waals surface area contributed by atoms with Gasteiger partial charge in [0.15, 0.2) is 34.7 Å². The van der Waals surface area contributed by atoms with Crippen LogP contribution in [0, 0.1) is 23.7 Å². The lowest BCUT2D eigenvalue weighted by Crippen LogP contribution is -2.77. The van der Waals surface area contributed by atoms with Gasteiger partial charge in [0.05, 0.1) is 35.2 Å². The SMILES string of the molecule is C[C@@H]1c2ccc(NC3CCCC3)c(O)c2C(=O)C2C(=O)[C@@]3(O)C(=O)C(C(N)=O)C(=O)[C@H](N(C)C)[C@H]3[C@H](O)[C@H]21. The van der Waals surface area contributed by atoms with Crippen molar-refractivity contribution in [3.05, 3.63) is 23.3 Å². The zero-order valence-corrected chi connectivity index (χ0v) is 21.5. The van der Waals surface area contributed by atoms with Gasteiger partial charge in [0.25, 0.3) is 0 Å². The maximum absolute atomic E-state index is 14.0. The standard InChI is InChI=1S/C27H33N3O8/c1-10-12-8-9-13(29-11-6-4-5-7-11)20(31)15(12)21(32)16-14(10)22(33)18-19(30(2)3)23(34)17(26(28)37)25(36)27(18,38)24(16)35/h8-11,14,16-19,22,29,31,33,38H,4-7H2,1-3H3,(H2,28,37)/t10-,14+,16?,17?,18+,19-,22-,27-/m1/s1. The zero-order valence-electron chi connectivity index (χ0n) is 21.5. The summed E-state index contributed by atoms with van der Waals surface area (Å²) in [4.78, 5) is 67.9. The minimum atomic E-state index is -2.99. The van der Waals surface area contributed by atoms with Crippen LogP contribution in [0.5, 0.6) is 5.75 Å². The number of aromatic hydroxyl groups is 1. The molecule has 0 heterocycles. The van der Waals surface area contributed by atoms with Gasteiger partial charge in [0.2, 0.25) is 5.91 Å². The number of benzene rings is 1. The predicted molar refractivity (Wildman–Crippen MR) is 133 cm³/mol. The number of ketones is 4. The maximum Gasteiger partial charge on any atom is 0.235 e. The fraction of sp³-hybridized carbons (Fsp3) is 0.593. The number of fused-ring (bicyclic) bond motifs is 3. The van der Waals surface area contributed by atoms with Crippen LogP contribution in [0.1, 0.15) is 54.4 Å². The monoisotopic (exact) mass is 527 g/mol. The Morgan fingerprint density at radius 1 is 1.11 bits per heavy atom. The molecule has 0 aromatic heterocycles. The number of nitrogens with zero attached hydrogens (tertiary/aromatic N) is 1. The van der Waals surface area contributed by atoms with Gasteiger partial charge in [-0.2, -0.15) is 0 Å². The van der Waals surface area contributed by atoms with Crippen LogP contribution in [0.4, 0.5) is 5.69 Å². The number of primary amides is 1. The number of amides is 1. The molecule has 0 spiro atoms. The maximum atomic E-state index is 14.0. The minimum Gasteiger partial charge on any atom is -0.505 e. The van der Waals surface area contributed by atoms with Gasteiger partial charge < -0.3 is 26.4 Å². The Hall–Kier alpha value is -3.15. The fourth-order valence-electron chi connectivity index (χ4n) is 7.40. The van der Waals surface area contributed by atoms with E-state index in [-0.39, 0.29) is 17.4 Å². The van der Waals surface area contributed by atoms with Crippen molar-refractivity contribution >= 4 is 34.7 Å². The molecule has 38 heavy (non-hydrogen) atoms. The van der Waals surface area contributed by atoms with E-state index in [1.807, 2.05) is 0 Å². The van der Waals surface area contributed by atoms with E-state index in [1.54, 1.807) is 19.1 Å². The van der Waals surface area contributed by atoms with Crippen molar-refractivity contribution in [2.24, 2.45) is 29.4 Å². The summed E-state index contributed by atoms with van der Waals surface area (Å²) in [5.41, 5.74) is 3.00. The number of hydrogen-bond acceptors (Lipinski definition) is 10. The van der Waals surface area contributed by atoms with Crippen LogP contribution in [0.25, 0.3) is 0 Å². The Morgan fingerprint density at radius 2 is 1.74 bits per heavy atom. The molecule has 11 nitrogen and oxygen atoms in total. The van der Waals surface area contributed by atoms with Gasteiger partial charge in [-0.25, -0.2) is 0 Å². The molecule has 2 unspecified atom stereocenters. The second-order valence-electron chi connectivity index (χ2n) is 11.4. The number of nitrogens with two attached hydrogens (primary N) is 1. The third-order valence-electron chi connectivity index (χ3n) is 9.20. The normalized spacial score (nSPS) is 37.2. The molecule has 8 atom stereocenters. The van der Waals surface area contributed by atoms with Gasteiger partial charge in [0.1, 0.15) is 5.75 Å². The van der Waals surface area contributed by atoms with E-state index >= 15 is 0 Å². The molecule has 3 fully saturated rings. The van der Waals surface area contributed by atoms with Crippen molar-refractivity contribution in [2.45, 2.75) is 62.3 Å². The van der Waals surface area contributed by atoms with Crippen molar-refractivity contribution in [1.29, 1.82) is 0 Å². The van der Waals surface area contributed by atoms with Crippen LogP contribution in [-0.2, 0) is 19.2 Å². The summed E-state index contributed by atoms with van der Waals surface area (Å²) in [6.07, 6.45) is 2.29. The van der Waals surface area contributed by atoms with E-state index in [0.717, 1.165) is 25.7 Å². The van der Waals surface area contributed by atoms with Crippen LogP contribution in [0.15, 0.2) is 12.1 Å². The Kier molecular flexibility index (Phi) is 6.24. The molecule has 5 rings (SSSR count). The summed E-state index contributed by atoms with van der Waals surface area (Å²) >= 11 is 0. The van der Waals surface area contributed by atoms with E-state index < -0.39 is 76.4 Å². The summed E-state index contributed by atoms with van der Waals surface area (Å²) < 4.78 is 0. The number of hydrogen-bond donors (Lipinski definition) is 5. The van der Waals surface area contributed by atoms with Gasteiger partial charge in [0, 0.05) is 12.0 Å². The highest BCUT2D eigenvalue weighted by atomic mass is 16.3. The smallest absolute Gasteiger partial charge is 0.235 e. The van der Waals surface area contributed by atoms with Crippen molar-refractivity contribution < 1.29 is 39.3 Å². The first kappa shape index (κ1) is 26.5. The molecule has 0 aliphatic heterocycles. The number of aliphatic hydroxyl groups is 2. The number of phenolic OH excluding ortho intramolecular Hbond substituents is 1. The largest absolute Gasteiger partial charge is 0.505 e. The number of aliphatic hydroxyl groups excluding tert-OH is 1. The Bertz CT molecular complexity index is 1250. The lowest BCUT2D eigenvalue weighted by molar-refractivity contribution is -0.196. The molecule has 3 saturated carbocycles. The molecule has 6 N–H and O–H groups in total. The molecule has 11 heteroatoms.